The lowest BCUT2D eigenvalue weighted by atomic mass is 9.77. The van der Waals surface area contributed by atoms with Gasteiger partial charge in [0.1, 0.15) is 0 Å². The molecule has 0 aromatic rings. The summed E-state index contributed by atoms with van der Waals surface area (Å²) in [5, 5.41) is 8.98. The smallest absolute Gasteiger partial charge is 0.306 e. The molecule has 0 aromatic heterocycles. The molecule has 1 aliphatic carbocycles. The van der Waals surface area contributed by atoms with Crippen molar-refractivity contribution in [1.82, 2.24) is 0 Å². The average Bonchev–Trinajstić information content (AvgIpc) is 2.48. The molecule has 0 bridgehead atoms. The van der Waals surface area contributed by atoms with Gasteiger partial charge in [-0.15, -0.1) is 0 Å². The minimum Gasteiger partial charge on any atom is -0.481 e. The maximum absolute atomic E-state index is 10.9. The molecule has 0 spiro atoms. The summed E-state index contributed by atoms with van der Waals surface area (Å²) < 4.78 is 0.215. The minimum absolute atomic E-state index is 0.100. The second kappa shape index (κ2) is 4.52. The van der Waals surface area contributed by atoms with Crippen LogP contribution in [-0.2, 0) is 4.79 Å². The quantitative estimate of drug-likeness (QED) is 0.804. The molecule has 0 saturated heterocycles. The van der Waals surface area contributed by atoms with Crippen molar-refractivity contribution in [3.05, 3.63) is 0 Å². The van der Waals surface area contributed by atoms with Gasteiger partial charge in [0, 0.05) is 0 Å². The van der Waals surface area contributed by atoms with E-state index < -0.39 is 5.97 Å². The molecule has 4 heteroatoms. The summed E-state index contributed by atoms with van der Waals surface area (Å²) in [4.78, 5) is 10.9. The van der Waals surface area contributed by atoms with Crippen molar-refractivity contribution in [2.45, 2.75) is 36.8 Å². The van der Waals surface area contributed by atoms with E-state index in [1.54, 1.807) is 0 Å². The van der Waals surface area contributed by atoms with Crippen molar-refractivity contribution in [2.24, 2.45) is 17.3 Å². The maximum atomic E-state index is 10.9. The van der Waals surface area contributed by atoms with Gasteiger partial charge in [-0.3, -0.25) is 4.79 Å². The summed E-state index contributed by atoms with van der Waals surface area (Å²) >= 11 is 7.12. The minimum atomic E-state index is -0.645. The van der Waals surface area contributed by atoms with E-state index in [1.165, 1.54) is 0 Å². The fourth-order valence-corrected chi connectivity index (χ4v) is 4.18. The van der Waals surface area contributed by atoms with Crippen molar-refractivity contribution < 1.29 is 9.90 Å². The highest BCUT2D eigenvalue weighted by molar-refractivity contribution is 9.24. The van der Waals surface area contributed by atoms with E-state index >= 15 is 0 Å². The molecule has 2 nitrogen and oxygen atoms in total. The molecular formula is C10H16Br2O2. The highest BCUT2D eigenvalue weighted by atomic mass is 79.9. The summed E-state index contributed by atoms with van der Waals surface area (Å²) in [6.45, 7) is 4.33. The summed E-state index contributed by atoms with van der Waals surface area (Å²) in [5.41, 5.74) is 0.100. The van der Waals surface area contributed by atoms with Crippen molar-refractivity contribution >= 4 is 37.8 Å². The van der Waals surface area contributed by atoms with Gasteiger partial charge in [-0.05, 0) is 30.6 Å². The van der Waals surface area contributed by atoms with Gasteiger partial charge in [0.2, 0.25) is 0 Å². The van der Waals surface area contributed by atoms with Crippen molar-refractivity contribution in [3.8, 4) is 0 Å². The molecule has 2 atom stereocenters. The van der Waals surface area contributed by atoms with Crippen LogP contribution in [0.2, 0.25) is 0 Å². The zero-order valence-electron chi connectivity index (χ0n) is 8.46. The Balaban J connectivity index is 2.80. The SMILES string of the molecule is CC(C)[C@]1(C(Br)Br)CC[C@@H](C(=O)O)C1. The maximum Gasteiger partial charge on any atom is 0.306 e. The molecule has 1 N–H and O–H groups in total. The number of hydrogen-bond donors (Lipinski definition) is 1. The predicted octanol–water partition coefficient (Wildman–Crippen LogP) is 3.63. The third kappa shape index (κ3) is 2.16. The zero-order chi connectivity index (χ0) is 10.9. The normalized spacial score (nSPS) is 32.9. The van der Waals surface area contributed by atoms with Crippen LogP contribution in [0.25, 0.3) is 0 Å². The lowest BCUT2D eigenvalue weighted by Gasteiger charge is -2.35. The Bertz CT molecular complexity index is 218. The Labute approximate surface area is 102 Å². The lowest BCUT2D eigenvalue weighted by Crippen LogP contribution is -2.31. The van der Waals surface area contributed by atoms with Crippen LogP contribution in [0, 0.1) is 17.3 Å². The molecule has 1 rings (SSSR count). The van der Waals surface area contributed by atoms with Gasteiger partial charge in [-0.25, -0.2) is 0 Å². The van der Waals surface area contributed by atoms with Crippen LogP contribution < -0.4 is 0 Å². The van der Waals surface area contributed by atoms with Crippen LogP contribution >= 0.6 is 31.9 Å². The number of carboxylic acid groups (broad SMARTS) is 1. The molecule has 0 amide bonds. The van der Waals surface area contributed by atoms with E-state index in [0.717, 1.165) is 19.3 Å². The molecule has 0 radical (unpaired) electrons. The number of alkyl halides is 2. The first-order valence-corrected chi connectivity index (χ1v) is 6.74. The molecule has 0 aliphatic heterocycles. The molecule has 0 aromatic carbocycles. The van der Waals surface area contributed by atoms with Gasteiger partial charge in [-0.1, -0.05) is 45.7 Å². The van der Waals surface area contributed by atoms with E-state index in [-0.39, 0.29) is 15.1 Å². The van der Waals surface area contributed by atoms with E-state index in [9.17, 15) is 4.79 Å². The van der Waals surface area contributed by atoms with E-state index in [4.69, 9.17) is 5.11 Å². The van der Waals surface area contributed by atoms with Crippen LogP contribution in [-0.4, -0.2) is 14.8 Å². The summed E-state index contributed by atoms with van der Waals surface area (Å²) in [7, 11) is 0. The number of aliphatic carboxylic acids is 1. The van der Waals surface area contributed by atoms with Crippen molar-refractivity contribution in [1.29, 1.82) is 0 Å². The molecule has 1 saturated carbocycles. The third-order valence-corrected chi connectivity index (χ3v) is 5.34. The van der Waals surface area contributed by atoms with Gasteiger partial charge in [0.15, 0.2) is 0 Å². The lowest BCUT2D eigenvalue weighted by molar-refractivity contribution is -0.141. The van der Waals surface area contributed by atoms with Crippen LogP contribution in [0.4, 0.5) is 0 Å². The van der Waals surface area contributed by atoms with Crippen molar-refractivity contribution in [3.63, 3.8) is 0 Å². The molecule has 1 fully saturated rings. The summed E-state index contributed by atoms with van der Waals surface area (Å²) in [6.07, 6.45) is 2.57. The summed E-state index contributed by atoms with van der Waals surface area (Å²) in [5.74, 6) is -0.307. The third-order valence-electron chi connectivity index (χ3n) is 3.52. The second-order valence-electron chi connectivity index (χ2n) is 4.47. The van der Waals surface area contributed by atoms with Gasteiger partial charge in [0.25, 0.3) is 0 Å². The van der Waals surface area contributed by atoms with E-state index in [0.29, 0.717) is 5.92 Å². The topological polar surface area (TPSA) is 37.3 Å². The Morgan fingerprint density at radius 3 is 2.29 bits per heavy atom. The van der Waals surface area contributed by atoms with Crippen LogP contribution in [0.15, 0.2) is 0 Å². The predicted molar refractivity (Wildman–Crippen MR) is 63.9 cm³/mol. The molecular weight excluding hydrogens is 312 g/mol. The Morgan fingerprint density at radius 2 is 2.07 bits per heavy atom. The number of rotatable bonds is 3. The van der Waals surface area contributed by atoms with Gasteiger partial charge in [-0.2, -0.15) is 0 Å². The Kier molecular flexibility index (Phi) is 4.03. The average molecular weight is 328 g/mol. The number of hydrogen-bond acceptors (Lipinski definition) is 1. The number of carbonyl (C=O) groups is 1. The van der Waals surface area contributed by atoms with E-state index in [2.05, 4.69) is 45.7 Å². The second-order valence-corrected chi connectivity index (χ2v) is 7.53. The van der Waals surface area contributed by atoms with Crippen LogP contribution in [0.1, 0.15) is 33.1 Å². The fraction of sp³-hybridized carbons (Fsp3) is 0.900. The number of halogens is 2. The molecule has 0 heterocycles. The molecule has 1 aliphatic rings. The van der Waals surface area contributed by atoms with Gasteiger partial charge < -0.3 is 5.11 Å². The van der Waals surface area contributed by atoms with Gasteiger partial charge >= 0.3 is 5.97 Å². The van der Waals surface area contributed by atoms with E-state index in [1.807, 2.05) is 0 Å². The first-order valence-electron chi connectivity index (χ1n) is 4.91. The Morgan fingerprint density at radius 1 is 1.50 bits per heavy atom. The Hall–Kier alpha value is 0.430. The molecule has 14 heavy (non-hydrogen) atoms. The highest BCUT2D eigenvalue weighted by Crippen LogP contribution is 2.53. The first-order chi connectivity index (χ1) is 6.40. The van der Waals surface area contributed by atoms with Crippen LogP contribution in [0.5, 0.6) is 0 Å². The summed E-state index contributed by atoms with van der Waals surface area (Å²) in [6, 6.07) is 0. The largest absolute Gasteiger partial charge is 0.481 e. The molecule has 0 unspecified atom stereocenters. The zero-order valence-corrected chi connectivity index (χ0v) is 11.6. The monoisotopic (exact) mass is 326 g/mol. The standard InChI is InChI=1S/C10H16Br2O2/c1-6(2)10(9(11)12)4-3-7(5-10)8(13)14/h6-7,9H,3-5H2,1-2H3,(H,13,14)/t7-,10+/m1/s1. The highest BCUT2D eigenvalue weighted by Gasteiger charge is 2.47. The van der Waals surface area contributed by atoms with Crippen molar-refractivity contribution in [2.75, 3.05) is 0 Å². The fourth-order valence-electron chi connectivity index (χ4n) is 2.29. The first kappa shape index (κ1) is 12.5. The van der Waals surface area contributed by atoms with Crippen LogP contribution in [0.3, 0.4) is 0 Å². The van der Waals surface area contributed by atoms with Gasteiger partial charge in [0.05, 0.1) is 9.65 Å². The number of carboxylic acids is 1. The molecule has 82 valence electrons.